The van der Waals surface area contributed by atoms with Crippen LogP contribution in [0, 0.1) is 0 Å². The topological polar surface area (TPSA) is 92.8 Å². The summed E-state index contributed by atoms with van der Waals surface area (Å²) < 4.78 is 31.1. The first kappa shape index (κ1) is 20.0. The maximum Gasteiger partial charge on any atom is 0.337 e. The van der Waals surface area contributed by atoms with Crippen LogP contribution in [0.4, 0.5) is 5.69 Å². The van der Waals surface area contributed by atoms with Gasteiger partial charge in [-0.3, -0.25) is 4.79 Å². The van der Waals surface area contributed by atoms with Gasteiger partial charge in [0.15, 0.2) is 0 Å². The summed E-state index contributed by atoms with van der Waals surface area (Å²) in [4.78, 5) is 24.4. The molecule has 3 rings (SSSR count). The summed E-state index contributed by atoms with van der Waals surface area (Å²) in [6.45, 7) is 1.74. The largest absolute Gasteiger partial charge is 0.465 e. The number of hydrogen-bond acceptors (Lipinski definition) is 5. The van der Waals surface area contributed by atoms with Crippen LogP contribution in [0.3, 0.4) is 0 Å². The molecule has 2 aromatic rings. The number of nitrogens with one attached hydrogen (secondary N) is 1. The highest BCUT2D eigenvalue weighted by Gasteiger charge is 2.37. The first-order valence-corrected chi connectivity index (χ1v) is 10.5. The van der Waals surface area contributed by atoms with Crippen molar-refractivity contribution < 1.29 is 22.7 Å². The van der Waals surface area contributed by atoms with Crippen LogP contribution in [0.15, 0.2) is 48.5 Å². The molecule has 8 heteroatoms. The minimum absolute atomic E-state index is 0.0766. The average molecular weight is 402 g/mol. The number of amides is 1. The van der Waals surface area contributed by atoms with Gasteiger partial charge in [-0.15, -0.1) is 0 Å². The van der Waals surface area contributed by atoms with Gasteiger partial charge in [-0.2, -0.15) is 4.31 Å². The molecule has 1 amide bonds. The SMILES string of the molecule is CCS(=O)(=O)N1Cc2ccccc2CC1C(=O)Nc1ccc(C(=O)OC)cc1. The predicted molar refractivity (Wildman–Crippen MR) is 105 cm³/mol. The Morgan fingerprint density at radius 1 is 1.11 bits per heavy atom. The van der Waals surface area contributed by atoms with E-state index in [0.717, 1.165) is 11.1 Å². The molecule has 1 aliphatic heterocycles. The lowest BCUT2D eigenvalue weighted by atomic mass is 9.95. The molecule has 148 valence electrons. The molecule has 1 unspecified atom stereocenters. The fraction of sp³-hybridized carbons (Fsp3) is 0.300. The minimum atomic E-state index is -3.56. The van der Waals surface area contributed by atoms with Crippen LogP contribution in [-0.4, -0.2) is 43.5 Å². The second kappa shape index (κ2) is 8.12. The van der Waals surface area contributed by atoms with Gasteiger partial charge in [0.05, 0.1) is 18.4 Å². The molecular weight excluding hydrogens is 380 g/mol. The van der Waals surface area contributed by atoms with Gasteiger partial charge in [0, 0.05) is 12.2 Å². The summed E-state index contributed by atoms with van der Waals surface area (Å²) in [7, 11) is -2.27. The number of benzene rings is 2. The smallest absolute Gasteiger partial charge is 0.337 e. The molecule has 1 aliphatic rings. The number of sulfonamides is 1. The second-order valence-corrected chi connectivity index (χ2v) is 8.70. The van der Waals surface area contributed by atoms with E-state index in [1.807, 2.05) is 24.3 Å². The monoisotopic (exact) mass is 402 g/mol. The zero-order valence-corrected chi connectivity index (χ0v) is 16.5. The highest BCUT2D eigenvalue weighted by atomic mass is 32.2. The summed E-state index contributed by atoms with van der Waals surface area (Å²) in [5, 5.41) is 2.76. The molecule has 28 heavy (non-hydrogen) atoms. The number of carbonyl (C=O) groups excluding carboxylic acids is 2. The molecule has 0 aliphatic carbocycles. The number of ether oxygens (including phenoxy) is 1. The van der Waals surface area contributed by atoms with E-state index in [4.69, 9.17) is 0 Å². The Kier molecular flexibility index (Phi) is 5.81. The minimum Gasteiger partial charge on any atom is -0.465 e. The van der Waals surface area contributed by atoms with Gasteiger partial charge in [0.25, 0.3) is 0 Å². The van der Waals surface area contributed by atoms with E-state index in [1.54, 1.807) is 19.1 Å². The van der Waals surface area contributed by atoms with E-state index in [2.05, 4.69) is 10.1 Å². The van der Waals surface area contributed by atoms with E-state index in [0.29, 0.717) is 17.7 Å². The molecule has 0 bridgehead atoms. The third-order valence-electron chi connectivity index (χ3n) is 4.80. The third kappa shape index (κ3) is 4.07. The normalized spacial score (nSPS) is 16.9. The Bertz CT molecular complexity index is 986. The van der Waals surface area contributed by atoms with Gasteiger partial charge in [-0.25, -0.2) is 13.2 Å². The Morgan fingerprint density at radius 3 is 2.36 bits per heavy atom. The molecule has 0 saturated carbocycles. The second-order valence-electron chi connectivity index (χ2n) is 6.49. The number of anilines is 1. The fourth-order valence-corrected chi connectivity index (χ4v) is 4.44. The molecule has 0 spiro atoms. The van der Waals surface area contributed by atoms with Gasteiger partial charge in [0.2, 0.25) is 15.9 Å². The van der Waals surface area contributed by atoms with Gasteiger partial charge in [-0.1, -0.05) is 24.3 Å². The summed E-state index contributed by atoms with van der Waals surface area (Å²) in [6.07, 6.45) is 0.307. The number of carbonyl (C=O) groups is 2. The Hall–Kier alpha value is -2.71. The van der Waals surface area contributed by atoms with Crippen LogP contribution < -0.4 is 5.32 Å². The number of esters is 1. The van der Waals surface area contributed by atoms with E-state index >= 15 is 0 Å². The zero-order chi connectivity index (χ0) is 20.3. The van der Waals surface area contributed by atoms with Crippen molar-refractivity contribution in [2.45, 2.75) is 25.9 Å². The van der Waals surface area contributed by atoms with Gasteiger partial charge in [0.1, 0.15) is 6.04 Å². The third-order valence-corrected chi connectivity index (χ3v) is 6.63. The summed E-state index contributed by atoms with van der Waals surface area (Å²) in [5.74, 6) is -0.952. The highest BCUT2D eigenvalue weighted by Crippen LogP contribution is 2.27. The van der Waals surface area contributed by atoms with Crippen molar-refractivity contribution in [2.75, 3.05) is 18.2 Å². The number of rotatable bonds is 5. The van der Waals surface area contributed by atoms with E-state index in [1.165, 1.54) is 23.5 Å². The van der Waals surface area contributed by atoms with Crippen LogP contribution in [0.2, 0.25) is 0 Å². The molecular formula is C20H22N2O5S. The number of hydrogen-bond donors (Lipinski definition) is 1. The van der Waals surface area contributed by atoms with Crippen LogP contribution in [0.25, 0.3) is 0 Å². The van der Waals surface area contributed by atoms with Crippen LogP contribution >= 0.6 is 0 Å². The first-order valence-electron chi connectivity index (χ1n) is 8.91. The molecule has 1 heterocycles. The van der Waals surface area contributed by atoms with Crippen LogP contribution in [-0.2, 0) is 32.5 Å². The Morgan fingerprint density at radius 2 is 1.75 bits per heavy atom. The van der Waals surface area contributed by atoms with Crippen molar-refractivity contribution in [1.82, 2.24) is 4.31 Å². The van der Waals surface area contributed by atoms with Gasteiger partial charge < -0.3 is 10.1 Å². The summed E-state index contributed by atoms with van der Waals surface area (Å²) in [5.41, 5.74) is 2.71. The standard InChI is InChI=1S/C20H22N2O5S/c1-3-28(25,26)22-13-16-7-5-4-6-15(16)12-18(22)19(23)21-17-10-8-14(9-11-17)20(24)27-2/h4-11,18H,3,12-13H2,1-2H3,(H,21,23). The van der Waals surface area contributed by atoms with Gasteiger partial charge >= 0.3 is 5.97 Å². The van der Waals surface area contributed by atoms with Crippen molar-refractivity contribution >= 4 is 27.6 Å². The van der Waals surface area contributed by atoms with Crippen molar-refractivity contribution in [3.05, 3.63) is 65.2 Å². The van der Waals surface area contributed by atoms with E-state index in [-0.39, 0.29) is 12.3 Å². The van der Waals surface area contributed by atoms with Crippen LogP contribution in [0.5, 0.6) is 0 Å². The molecule has 0 aromatic heterocycles. The first-order chi connectivity index (χ1) is 13.4. The van der Waals surface area contributed by atoms with Gasteiger partial charge in [-0.05, 0) is 48.7 Å². The van der Waals surface area contributed by atoms with Crippen molar-refractivity contribution in [1.29, 1.82) is 0 Å². The lowest BCUT2D eigenvalue weighted by Crippen LogP contribution is -2.51. The lowest BCUT2D eigenvalue weighted by molar-refractivity contribution is -0.120. The highest BCUT2D eigenvalue weighted by molar-refractivity contribution is 7.89. The molecule has 0 fully saturated rings. The quantitative estimate of drug-likeness (QED) is 0.774. The average Bonchev–Trinajstić information content (AvgIpc) is 2.72. The van der Waals surface area contributed by atoms with Crippen molar-refractivity contribution in [3.8, 4) is 0 Å². The molecule has 0 saturated heterocycles. The fourth-order valence-electron chi connectivity index (χ4n) is 3.21. The van der Waals surface area contributed by atoms with E-state index < -0.39 is 27.9 Å². The number of fused-ring (bicyclic) bond motifs is 1. The number of nitrogens with zero attached hydrogens (tertiary/aromatic N) is 1. The molecule has 1 atom stereocenters. The van der Waals surface area contributed by atoms with E-state index in [9.17, 15) is 18.0 Å². The van der Waals surface area contributed by atoms with Crippen molar-refractivity contribution in [2.24, 2.45) is 0 Å². The van der Waals surface area contributed by atoms with Crippen molar-refractivity contribution in [3.63, 3.8) is 0 Å². The van der Waals surface area contributed by atoms with Crippen LogP contribution in [0.1, 0.15) is 28.4 Å². The number of methoxy groups -OCH3 is 1. The Labute approximate surface area is 164 Å². The zero-order valence-electron chi connectivity index (χ0n) is 15.7. The Balaban J connectivity index is 1.84. The summed E-state index contributed by atoms with van der Waals surface area (Å²) >= 11 is 0. The lowest BCUT2D eigenvalue weighted by Gasteiger charge is -2.34. The maximum atomic E-state index is 12.9. The maximum absolute atomic E-state index is 12.9. The molecule has 1 N–H and O–H groups in total. The molecule has 0 radical (unpaired) electrons. The molecule has 2 aromatic carbocycles. The molecule has 7 nitrogen and oxygen atoms in total. The predicted octanol–water partition coefficient (Wildman–Crippen LogP) is 2.19. The summed E-state index contributed by atoms with van der Waals surface area (Å²) in [6, 6.07) is 12.9.